The van der Waals surface area contributed by atoms with E-state index in [-0.39, 0.29) is 0 Å². The van der Waals surface area contributed by atoms with Crippen LogP contribution in [-0.4, -0.2) is 67.9 Å². The molecule has 1 aliphatic heterocycles. The van der Waals surface area contributed by atoms with Crippen molar-refractivity contribution in [2.45, 2.75) is 46.0 Å². The van der Waals surface area contributed by atoms with E-state index in [0.717, 1.165) is 82.6 Å². The molecule has 0 spiro atoms. The zero-order valence-electron chi connectivity index (χ0n) is 15.8. The Labute approximate surface area is 152 Å². The van der Waals surface area contributed by atoms with E-state index in [9.17, 15) is 4.79 Å². The standard InChI is InChI=1S/C20H32N4O/c1-4-20(21-3)22-18-19(2)10-6-5-7-11-23-13-15-24(16-14-23)12-8-9-17-25/h17-18H,3-5,7-9,11-16H2,1-2H3/b19-18+,22-20-. The molecule has 1 saturated heterocycles. The summed E-state index contributed by atoms with van der Waals surface area (Å²) in [6.45, 7) is 14.1. The topological polar surface area (TPSA) is 48.3 Å². The summed E-state index contributed by atoms with van der Waals surface area (Å²) in [5.41, 5.74) is 0.957. The molecule has 0 saturated carbocycles. The normalized spacial score (nSPS) is 17.0. The van der Waals surface area contributed by atoms with Crippen LogP contribution in [0.2, 0.25) is 0 Å². The molecule has 5 heteroatoms. The first-order valence-corrected chi connectivity index (χ1v) is 9.27. The van der Waals surface area contributed by atoms with Gasteiger partial charge in [0.05, 0.1) is 0 Å². The molecule has 1 heterocycles. The number of hydrogen-bond acceptors (Lipinski definition) is 4. The van der Waals surface area contributed by atoms with Gasteiger partial charge >= 0.3 is 0 Å². The highest BCUT2D eigenvalue weighted by Crippen LogP contribution is 2.05. The van der Waals surface area contributed by atoms with Crippen LogP contribution in [0.15, 0.2) is 21.8 Å². The van der Waals surface area contributed by atoms with Gasteiger partial charge in [-0.1, -0.05) is 18.8 Å². The summed E-state index contributed by atoms with van der Waals surface area (Å²) in [5, 5.41) is 0. The number of aliphatic imine (C=N–C) groups is 2. The molecule has 0 N–H and O–H groups in total. The number of carbonyl (C=O) groups excluding carboxylic acids is 1. The molecule has 0 aliphatic carbocycles. The van der Waals surface area contributed by atoms with Crippen molar-refractivity contribution in [3.63, 3.8) is 0 Å². The van der Waals surface area contributed by atoms with Crippen LogP contribution in [0.1, 0.15) is 46.0 Å². The third kappa shape index (κ3) is 9.96. The first kappa shape index (κ1) is 21.3. The summed E-state index contributed by atoms with van der Waals surface area (Å²) >= 11 is 0. The highest BCUT2D eigenvalue weighted by atomic mass is 16.1. The third-order valence-electron chi connectivity index (χ3n) is 4.23. The van der Waals surface area contributed by atoms with Crippen LogP contribution in [0, 0.1) is 11.8 Å². The predicted octanol–water partition coefficient (Wildman–Crippen LogP) is 2.78. The van der Waals surface area contributed by atoms with Crippen LogP contribution < -0.4 is 0 Å². The second-order valence-corrected chi connectivity index (χ2v) is 6.27. The lowest BCUT2D eigenvalue weighted by atomic mass is 10.2. The third-order valence-corrected chi connectivity index (χ3v) is 4.23. The number of rotatable bonds is 9. The van der Waals surface area contributed by atoms with Crippen LogP contribution in [0.5, 0.6) is 0 Å². The van der Waals surface area contributed by atoms with Crippen molar-refractivity contribution in [2.24, 2.45) is 9.98 Å². The number of nitrogens with zero attached hydrogens (tertiary/aromatic N) is 4. The molecule has 1 fully saturated rings. The Bertz CT molecular complexity index is 520. The Morgan fingerprint density at radius 2 is 1.80 bits per heavy atom. The molecule has 1 aliphatic rings. The summed E-state index contributed by atoms with van der Waals surface area (Å²) in [5.74, 6) is 7.11. The molecular weight excluding hydrogens is 312 g/mol. The number of amidine groups is 1. The molecule has 0 aromatic heterocycles. The molecule has 5 nitrogen and oxygen atoms in total. The summed E-state index contributed by atoms with van der Waals surface area (Å²) < 4.78 is 0. The second kappa shape index (κ2) is 13.5. The molecule has 0 radical (unpaired) electrons. The minimum Gasteiger partial charge on any atom is -0.303 e. The number of unbranched alkanes of at least 4 members (excludes halogenated alkanes) is 2. The number of piperazine rings is 1. The van der Waals surface area contributed by atoms with Crippen LogP contribution in [-0.2, 0) is 4.79 Å². The minimum atomic E-state index is 0.682. The Hall–Kier alpha value is -1.77. The van der Waals surface area contributed by atoms with Gasteiger partial charge in [0.25, 0.3) is 0 Å². The zero-order chi connectivity index (χ0) is 18.3. The minimum absolute atomic E-state index is 0.682. The Kier molecular flexibility index (Phi) is 11.5. The Morgan fingerprint density at radius 1 is 1.16 bits per heavy atom. The van der Waals surface area contributed by atoms with Gasteiger partial charge in [-0.05, 0) is 39.6 Å². The molecule has 138 valence electrons. The van der Waals surface area contributed by atoms with E-state index in [2.05, 4.69) is 38.3 Å². The van der Waals surface area contributed by atoms with Gasteiger partial charge in [0.1, 0.15) is 12.1 Å². The molecule has 0 amide bonds. The van der Waals surface area contributed by atoms with Crippen LogP contribution >= 0.6 is 0 Å². The molecule has 1 rings (SSSR count). The van der Waals surface area contributed by atoms with E-state index < -0.39 is 0 Å². The second-order valence-electron chi connectivity index (χ2n) is 6.27. The first-order valence-electron chi connectivity index (χ1n) is 9.27. The van der Waals surface area contributed by atoms with Gasteiger partial charge < -0.3 is 14.6 Å². The lowest BCUT2D eigenvalue weighted by Crippen LogP contribution is -2.46. The van der Waals surface area contributed by atoms with E-state index >= 15 is 0 Å². The maximum Gasteiger partial charge on any atom is 0.127 e. The van der Waals surface area contributed by atoms with Crippen molar-refractivity contribution in [1.29, 1.82) is 0 Å². The highest BCUT2D eigenvalue weighted by Gasteiger charge is 2.15. The molecule has 0 unspecified atom stereocenters. The van der Waals surface area contributed by atoms with Crippen molar-refractivity contribution in [3.8, 4) is 11.8 Å². The van der Waals surface area contributed by atoms with E-state index in [1.165, 1.54) is 0 Å². The number of hydrogen-bond donors (Lipinski definition) is 0. The molecule has 0 aromatic rings. The van der Waals surface area contributed by atoms with Gasteiger partial charge in [0.2, 0.25) is 0 Å². The average molecular weight is 345 g/mol. The smallest absolute Gasteiger partial charge is 0.127 e. The Balaban J connectivity index is 2.18. The summed E-state index contributed by atoms with van der Waals surface area (Å²) in [6.07, 6.45) is 7.24. The van der Waals surface area contributed by atoms with Gasteiger partial charge in [0, 0.05) is 57.2 Å². The maximum atomic E-state index is 10.4. The monoisotopic (exact) mass is 344 g/mol. The van der Waals surface area contributed by atoms with Crippen LogP contribution in [0.25, 0.3) is 0 Å². The first-order chi connectivity index (χ1) is 12.2. The van der Waals surface area contributed by atoms with E-state index in [0.29, 0.717) is 6.42 Å². The molecule has 25 heavy (non-hydrogen) atoms. The lowest BCUT2D eigenvalue weighted by molar-refractivity contribution is -0.108. The molecule has 0 bridgehead atoms. The molecule has 0 aromatic carbocycles. The number of carbonyl (C=O) groups is 1. The highest BCUT2D eigenvalue weighted by molar-refractivity contribution is 5.86. The van der Waals surface area contributed by atoms with E-state index in [4.69, 9.17) is 0 Å². The fourth-order valence-corrected chi connectivity index (χ4v) is 2.68. The molecule has 0 atom stereocenters. The van der Waals surface area contributed by atoms with Crippen molar-refractivity contribution in [1.82, 2.24) is 9.80 Å². The quantitative estimate of drug-likeness (QED) is 0.212. The van der Waals surface area contributed by atoms with Crippen molar-refractivity contribution >= 4 is 18.8 Å². The van der Waals surface area contributed by atoms with Gasteiger partial charge in [-0.15, -0.1) is 0 Å². The average Bonchev–Trinajstić information content (AvgIpc) is 2.63. The largest absolute Gasteiger partial charge is 0.303 e. The lowest BCUT2D eigenvalue weighted by Gasteiger charge is -2.34. The zero-order valence-corrected chi connectivity index (χ0v) is 15.8. The van der Waals surface area contributed by atoms with E-state index in [1.54, 1.807) is 6.20 Å². The SMILES string of the molecule is C=N/C(CC)=N\C=C(/C)C#CCCCN1CCN(CCCC=O)CC1. The van der Waals surface area contributed by atoms with Crippen molar-refractivity contribution in [3.05, 3.63) is 11.8 Å². The van der Waals surface area contributed by atoms with Crippen molar-refractivity contribution < 1.29 is 4.79 Å². The summed E-state index contributed by atoms with van der Waals surface area (Å²) in [7, 11) is 0. The number of aldehydes is 1. The fourth-order valence-electron chi connectivity index (χ4n) is 2.68. The van der Waals surface area contributed by atoms with Crippen LogP contribution in [0.3, 0.4) is 0 Å². The van der Waals surface area contributed by atoms with E-state index in [1.807, 2.05) is 13.8 Å². The maximum absolute atomic E-state index is 10.4. The van der Waals surface area contributed by atoms with Gasteiger partial charge in [0.15, 0.2) is 0 Å². The molecular formula is C20H32N4O. The fraction of sp³-hybridized carbons (Fsp3) is 0.650. The summed E-state index contributed by atoms with van der Waals surface area (Å²) in [6, 6.07) is 0. The van der Waals surface area contributed by atoms with Gasteiger partial charge in [-0.3, -0.25) is 0 Å². The number of allylic oxidation sites excluding steroid dienone is 1. The predicted molar refractivity (Wildman–Crippen MR) is 106 cm³/mol. The van der Waals surface area contributed by atoms with Crippen LogP contribution in [0.4, 0.5) is 0 Å². The Morgan fingerprint density at radius 3 is 2.36 bits per heavy atom. The summed E-state index contributed by atoms with van der Waals surface area (Å²) in [4.78, 5) is 23.4. The van der Waals surface area contributed by atoms with Gasteiger partial charge in [-0.2, -0.15) is 0 Å². The van der Waals surface area contributed by atoms with Gasteiger partial charge in [-0.25, -0.2) is 9.98 Å². The van der Waals surface area contributed by atoms with Crippen molar-refractivity contribution in [2.75, 3.05) is 39.3 Å².